The minimum absolute atomic E-state index is 0. The molecule has 6 heteroatoms. The van der Waals surface area contributed by atoms with E-state index in [1.165, 1.54) is 57.8 Å². The first-order chi connectivity index (χ1) is 16.4. The number of hydrogen-bond acceptors (Lipinski definition) is 0. The Hall–Kier alpha value is -0.330. The Morgan fingerprint density at radius 3 is 0.829 bits per heavy atom. The molecule has 0 aliphatic heterocycles. The van der Waals surface area contributed by atoms with E-state index in [1.54, 1.807) is 6.92 Å². The number of rotatable bonds is 0. The Kier molecular flexibility index (Phi) is 36.9. The lowest BCUT2D eigenvalue weighted by molar-refractivity contribution is 0.0603. The molecule has 3 nitrogen and oxygen atoms in total. The summed E-state index contributed by atoms with van der Waals surface area (Å²) < 4.78 is 38.5. The van der Waals surface area contributed by atoms with Crippen LogP contribution < -0.4 is 0 Å². The summed E-state index contributed by atoms with van der Waals surface area (Å²) in [5.41, 5.74) is 0. The van der Waals surface area contributed by atoms with Gasteiger partial charge in [0.1, 0.15) is 18.5 Å². The third kappa shape index (κ3) is 23.8. The summed E-state index contributed by atoms with van der Waals surface area (Å²) in [4.78, 5) is 0. The quantitative estimate of drug-likeness (QED) is 0.263. The van der Waals surface area contributed by atoms with Crippen LogP contribution in [0.1, 0.15) is 161 Å². The third-order valence-corrected chi connectivity index (χ3v) is 9.36. The van der Waals surface area contributed by atoms with E-state index in [2.05, 4.69) is 34.6 Å². The van der Waals surface area contributed by atoms with Gasteiger partial charge in [-0.3, -0.25) is 0 Å². The molecule has 258 valence electrons. The van der Waals surface area contributed by atoms with Crippen molar-refractivity contribution in [2.75, 3.05) is 0 Å². The topological polar surface area (TPSA) is 94.5 Å². The van der Waals surface area contributed by atoms with Gasteiger partial charge in [0, 0.05) is 5.92 Å². The molecule has 0 radical (unpaired) electrons. The first-order valence-corrected chi connectivity index (χ1v) is 15.3. The molecule has 0 aromatic rings. The van der Waals surface area contributed by atoms with Crippen LogP contribution in [-0.2, 0) is 0 Å². The highest BCUT2D eigenvalue weighted by molar-refractivity contribution is 4.82. The van der Waals surface area contributed by atoms with Crippen LogP contribution in [0.15, 0.2) is 0 Å². The van der Waals surface area contributed by atoms with Gasteiger partial charge < -0.3 is 16.4 Å². The minimum atomic E-state index is -0.918. The van der Waals surface area contributed by atoms with Crippen LogP contribution in [0.2, 0.25) is 0 Å². The van der Waals surface area contributed by atoms with Gasteiger partial charge >= 0.3 is 0 Å². The molecule has 4 fully saturated rings. The van der Waals surface area contributed by atoms with Crippen molar-refractivity contribution in [3.05, 3.63) is 0 Å². The molecule has 4 aliphatic carbocycles. The van der Waals surface area contributed by atoms with Crippen molar-refractivity contribution in [3.63, 3.8) is 0 Å². The van der Waals surface area contributed by atoms with Crippen molar-refractivity contribution >= 4 is 0 Å². The zero-order valence-electron chi connectivity index (χ0n) is 26.2. The molecule has 0 bridgehead atoms. The SMILES string of the molecule is C.C.C.CC1CC(F)C(C)C(F)C1.CC1CCC(C)C(F)C1.CC1CCC(C)CC1.CC1CCC(C)CC1.O.O.O. The number of alkyl halides is 3. The molecular formula is C35H79F3O3. The molecule has 4 saturated carbocycles. The van der Waals surface area contributed by atoms with Crippen molar-refractivity contribution in [1.82, 2.24) is 0 Å². The Labute approximate surface area is 256 Å². The second kappa shape index (κ2) is 28.4. The molecule has 0 aromatic carbocycles. The first-order valence-electron chi connectivity index (χ1n) is 15.3. The van der Waals surface area contributed by atoms with Gasteiger partial charge in [0.2, 0.25) is 0 Å². The summed E-state index contributed by atoms with van der Waals surface area (Å²) in [6.45, 7) is 17.2. The zero-order chi connectivity index (χ0) is 26.5. The molecule has 6 N–H and O–H groups in total. The van der Waals surface area contributed by atoms with Crippen LogP contribution >= 0.6 is 0 Å². The molecule has 5 atom stereocenters. The van der Waals surface area contributed by atoms with E-state index in [0.29, 0.717) is 24.7 Å². The summed E-state index contributed by atoms with van der Waals surface area (Å²) in [5, 5.41) is 0. The second-order valence-corrected chi connectivity index (χ2v) is 13.6. The Balaban J connectivity index is -0.0000000953. The molecular weight excluding hydrogens is 525 g/mol. The maximum absolute atomic E-state index is 12.8. The van der Waals surface area contributed by atoms with Crippen LogP contribution in [0.25, 0.3) is 0 Å². The van der Waals surface area contributed by atoms with Gasteiger partial charge in [0.05, 0.1) is 0 Å². The van der Waals surface area contributed by atoms with Crippen LogP contribution in [0.5, 0.6) is 0 Å². The van der Waals surface area contributed by atoms with Gasteiger partial charge in [-0.2, -0.15) is 0 Å². The Morgan fingerprint density at radius 1 is 0.341 bits per heavy atom. The Bertz CT molecular complexity index is 471. The summed E-state index contributed by atoms with van der Waals surface area (Å²) in [6, 6.07) is 0. The largest absolute Gasteiger partial charge is 0.412 e. The van der Waals surface area contributed by atoms with Gasteiger partial charge in [-0.05, 0) is 67.1 Å². The number of hydrogen-bond donors (Lipinski definition) is 0. The highest BCUT2D eigenvalue weighted by Crippen LogP contribution is 2.33. The molecule has 4 rings (SSSR count). The van der Waals surface area contributed by atoms with E-state index in [9.17, 15) is 13.2 Å². The summed E-state index contributed by atoms with van der Waals surface area (Å²) >= 11 is 0. The smallest absolute Gasteiger partial charge is 0.106 e. The van der Waals surface area contributed by atoms with Crippen LogP contribution in [-0.4, -0.2) is 34.9 Å². The third-order valence-electron chi connectivity index (χ3n) is 9.36. The molecule has 4 aliphatic rings. The van der Waals surface area contributed by atoms with Crippen molar-refractivity contribution in [2.45, 2.75) is 180 Å². The predicted octanol–water partition coefficient (Wildman–Crippen LogP) is 10.6. The number of halogens is 3. The lowest BCUT2D eigenvalue weighted by Crippen LogP contribution is -2.32. The van der Waals surface area contributed by atoms with E-state index >= 15 is 0 Å². The van der Waals surface area contributed by atoms with Crippen molar-refractivity contribution in [2.24, 2.45) is 47.3 Å². The van der Waals surface area contributed by atoms with Gasteiger partial charge in [0.15, 0.2) is 0 Å². The monoisotopic (exact) mass is 605 g/mol. The van der Waals surface area contributed by atoms with Gasteiger partial charge in [-0.25, -0.2) is 13.2 Å². The molecule has 0 saturated heterocycles. The van der Waals surface area contributed by atoms with Crippen LogP contribution in [0.4, 0.5) is 13.2 Å². The average molecular weight is 605 g/mol. The zero-order valence-corrected chi connectivity index (χ0v) is 26.2. The van der Waals surface area contributed by atoms with Gasteiger partial charge in [-0.1, -0.05) is 135 Å². The lowest BCUT2D eigenvalue weighted by Gasteiger charge is -2.30. The fourth-order valence-electron chi connectivity index (χ4n) is 5.84. The molecule has 0 amide bonds. The van der Waals surface area contributed by atoms with Gasteiger partial charge in [0.25, 0.3) is 0 Å². The molecule has 0 aromatic heterocycles. The van der Waals surface area contributed by atoms with Crippen molar-refractivity contribution in [3.8, 4) is 0 Å². The van der Waals surface area contributed by atoms with E-state index < -0.39 is 18.5 Å². The molecule has 5 unspecified atom stereocenters. The molecule has 0 heterocycles. The van der Waals surface area contributed by atoms with E-state index in [4.69, 9.17) is 0 Å². The minimum Gasteiger partial charge on any atom is -0.412 e. The van der Waals surface area contributed by atoms with E-state index in [1.807, 2.05) is 13.8 Å². The van der Waals surface area contributed by atoms with Gasteiger partial charge in [-0.15, -0.1) is 0 Å². The predicted molar refractivity (Wildman–Crippen MR) is 179 cm³/mol. The highest BCUT2D eigenvalue weighted by atomic mass is 19.1. The fourth-order valence-corrected chi connectivity index (χ4v) is 5.84. The second-order valence-electron chi connectivity index (χ2n) is 13.6. The lowest BCUT2D eigenvalue weighted by atomic mass is 9.81. The van der Waals surface area contributed by atoms with Crippen LogP contribution in [0.3, 0.4) is 0 Å². The normalized spacial score (nSPS) is 37.4. The maximum Gasteiger partial charge on any atom is 0.106 e. The molecule has 0 spiro atoms. The standard InChI is InChI=1S/C8H14F2.C8H15F.2C8H16.3CH4.3H2O/c1-5-3-7(9)6(2)8(10)4-5;1-6-3-4-7(2)8(9)5-6;2*1-7-3-5-8(2)6-4-7;;;;;;/h5-8H,3-4H2,1-2H3;6-8H,3-5H2,1-2H3;2*7-8H,3-6H2,1-2H3;3*1H4;3*1H2. The maximum atomic E-state index is 12.8. The first kappa shape index (κ1) is 53.2. The van der Waals surface area contributed by atoms with Crippen LogP contribution in [0, 0.1) is 47.3 Å². The highest BCUT2D eigenvalue weighted by Gasteiger charge is 2.33. The average Bonchev–Trinajstić information content (AvgIpc) is 2.80. The Morgan fingerprint density at radius 2 is 0.585 bits per heavy atom. The summed E-state index contributed by atoms with van der Waals surface area (Å²) in [5.74, 6) is 4.87. The fraction of sp³-hybridized carbons (Fsp3) is 1.00. The van der Waals surface area contributed by atoms with Crippen molar-refractivity contribution < 1.29 is 29.6 Å². The summed E-state index contributed by atoms with van der Waals surface area (Å²) in [6.07, 6.45) is 13.6. The van der Waals surface area contributed by atoms with E-state index in [-0.39, 0.29) is 50.5 Å². The van der Waals surface area contributed by atoms with E-state index in [0.717, 1.165) is 36.5 Å². The summed E-state index contributed by atoms with van der Waals surface area (Å²) in [7, 11) is 0. The van der Waals surface area contributed by atoms with Crippen molar-refractivity contribution in [1.29, 1.82) is 0 Å². The molecule has 41 heavy (non-hydrogen) atoms.